The highest BCUT2D eigenvalue weighted by molar-refractivity contribution is 7.89. The summed E-state index contributed by atoms with van der Waals surface area (Å²) in [5, 5.41) is 0. The quantitative estimate of drug-likeness (QED) is 0.656. The molecule has 0 radical (unpaired) electrons. The van der Waals surface area contributed by atoms with E-state index in [0.29, 0.717) is 25.9 Å². The van der Waals surface area contributed by atoms with Crippen molar-refractivity contribution in [3.05, 3.63) is 53.2 Å². The van der Waals surface area contributed by atoms with Crippen LogP contribution in [0.25, 0.3) is 0 Å². The molecule has 1 aliphatic heterocycles. The molecule has 1 aromatic carbocycles. The second-order valence-electron chi connectivity index (χ2n) is 6.44. The maximum absolute atomic E-state index is 14.2. The van der Waals surface area contributed by atoms with Crippen LogP contribution in [0.15, 0.2) is 39.6 Å². The third-order valence-corrected chi connectivity index (χ3v) is 6.41. The van der Waals surface area contributed by atoms with E-state index in [1.807, 2.05) is 0 Å². The number of piperidine rings is 1. The summed E-state index contributed by atoms with van der Waals surface area (Å²) < 4.78 is 55.7. The van der Waals surface area contributed by atoms with Crippen molar-refractivity contribution < 1.29 is 36.3 Å². The second-order valence-corrected chi connectivity index (χ2v) is 8.35. The zero-order valence-corrected chi connectivity index (χ0v) is 16.5. The molecule has 29 heavy (non-hydrogen) atoms. The first-order chi connectivity index (χ1) is 13.8. The summed E-state index contributed by atoms with van der Waals surface area (Å²) in [7, 11) is -2.84. The number of hydrogen-bond acceptors (Lipinski definition) is 7. The minimum atomic E-state index is -4.04. The maximum atomic E-state index is 14.2. The number of furan rings is 1. The van der Waals surface area contributed by atoms with Crippen molar-refractivity contribution in [1.82, 2.24) is 4.31 Å². The number of esters is 2. The van der Waals surface area contributed by atoms with Crippen molar-refractivity contribution in [2.75, 3.05) is 20.2 Å². The molecule has 2 aromatic rings. The Morgan fingerprint density at radius 1 is 1.10 bits per heavy atom. The molecule has 0 spiro atoms. The Labute approximate surface area is 167 Å². The summed E-state index contributed by atoms with van der Waals surface area (Å²) in [4.78, 5) is 23.1. The Balaban J connectivity index is 1.74. The zero-order chi connectivity index (χ0) is 21.0. The number of benzene rings is 1. The van der Waals surface area contributed by atoms with Gasteiger partial charge in [-0.05, 0) is 43.2 Å². The summed E-state index contributed by atoms with van der Waals surface area (Å²) >= 11 is 0. The molecule has 0 bridgehead atoms. The van der Waals surface area contributed by atoms with Gasteiger partial charge >= 0.3 is 11.9 Å². The van der Waals surface area contributed by atoms with Crippen molar-refractivity contribution >= 4 is 22.0 Å². The molecule has 0 saturated carbocycles. The molecule has 2 heterocycles. The highest BCUT2D eigenvalue weighted by Crippen LogP contribution is 2.24. The van der Waals surface area contributed by atoms with Crippen molar-refractivity contribution in [3.63, 3.8) is 0 Å². The third-order valence-electron chi connectivity index (χ3n) is 4.49. The van der Waals surface area contributed by atoms with E-state index < -0.39 is 32.7 Å². The molecule has 1 aliphatic rings. The molecule has 156 valence electrons. The van der Waals surface area contributed by atoms with Crippen molar-refractivity contribution in [2.45, 2.75) is 30.8 Å². The number of nitrogens with zero attached hydrogens (tertiary/aromatic N) is 1. The van der Waals surface area contributed by atoms with E-state index in [1.54, 1.807) is 0 Å². The van der Waals surface area contributed by atoms with Gasteiger partial charge < -0.3 is 13.9 Å². The highest BCUT2D eigenvalue weighted by Gasteiger charge is 2.29. The van der Waals surface area contributed by atoms with Crippen LogP contribution in [-0.4, -0.2) is 44.9 Å². The predicted molar refractivity (Wildman–Crippen MR) is 98.2 cm³/mol. The van der Waals surface area contributed by atoms with E-state index in [1.165, 1.54) is 23.5 Å². The molecule has 3 rings (SSSR count). The van der Waals surface area contributed by atoms with E-state index >= 15 is 0 Å². The second kappa shape index (κ2) is 8.75. The Morgan fingerprint density at radius 2 is 1.83 bits per heavy atom. The number of ether oxygens (including phenoxy) is 2. The summed E-state index contributed by atoms with van der Waals surface area (Å²) in [6, 6.07) is 5.86. The van der Waals surface area contributed by atoms with Crippen LogP contribution in [-0.2, 0) is 26.1 Å². The van der Waals surface area contributed by atoms with Crippen LogP contribution in [0.5, 0.6) is 0 Å². The molecule has 0 atom stereocenters. The summed E-state index contributed by atoms with van der Waals surface area (Å²) in [6.45, 7) is 0.344. The maximum Gasteiger partial charge on any atom is 0.373 e. The summed E-state index contributed by atoms with van der Waals surface area (Å²) in [5.41, 5.74) is -0.110. The fourth-order valence-electron chi connectivity index (χ4n) is 2.96. The lowest BCUT2D eigenvalue weighted by atomic mass is 10.2. The third kappa shape index (κ3) is 4.65. The van der Waals surface area contributed by atoms with E-state index in [0.717, 1.165) is 24.6 Å². The molecule has 0 unspecified atom stereocenters. The first-order valence-electron chi connectivity index (χ1n) is 8.97. The fraction of sp³-hybridized carbons (Fsp3) is 0.368. The SMILES string of the molecule is COC(=O)c1ccc(COC(=O)c2ccc(F)c(S(=O)(=O)N3CCCCC3)c2)o1. The molecular formula is C19H20FNO7S. The Hall–Kier alpha value is -2.72. The zero-order valence-electron chi connectivity index (χ0n) is 15.7. The largest absolute Gasteiger partial charge is 0.463 e. The highest BCUT2D eigenvalue weighted by atomic mass is 32.2. The van der Waals surface area contributed by atoms with E-state index in [4.69, 9.17) is 9.15 Å². The Morgan fingerprint density at radius 3 is 2.52 bits per heavy atom. The Kier molecular flexibility index (Phi) is 6.33. The van der Waals surface area contributed by atoms with Crippen LogP contribution < -0.4 is 0 Å². The van der Waals surface area contributed by atoms with Gasteiger partial charge in [0.15, 0.2) is 0 Å². The van der Waals surface area contributed by atoms with E-state index in [-0.39, 0.29) is 23.7 Å². The Bertz CT molecular complexity index is 1010. The summed E-state index contributed by atoms with van der Waals surface area (Å²) in [6.07, 6.45) is 2.34. The van der Waals surface area contributed by atoms with Crippen LogP contribution in [0.3, 0.4) is 0 Å². The van der Waals surface area contributed by atoms with Crippen molar-refractivity contribution in [3.8, 4) is 0 Å². The predicted octanol–water partition coefficient (Wildman–Crippen LogP) is 2.74. The van der Waals surface area contributed by atoms with Gasteiger partial charge in [-0.1, -0.05) is 6.42 Å². The molecule has 0 amide bonds. The minimum absolute atomic E-state index is 0.0461. The van der Waals surface area contributed by atoms with E-state index in [2.05, 4.69) is 4.74 Å². The van der Waals surface area contributed by atoms with Gasteiger partial charge in [-0.15, -0.1) is 0 Å². The van der Waals surface area contributed by atoms with Crippen LogP contribution in [0.1, 0.15) is 45.9 Å². The monoisotopic (exact) mass is 425 g/mol. The normalized spacial score (nSPS) is 15.1. The van der Waals surface area contributed by atoms with Gasteiger partial charge in [-0.2, -0.15) is 4.31 Å². The average molecular weight is 425 g/mol. The van der Waals surface area contributed by atoms with Gasteiger partial charge in [0.1, 0.15) is 23.1 Å². The van der Waals surface area contributed by atoms with Gasteiger partial charge in [0.05, 0.1) is 12.7 Å². The number of carbonyl (C=O) groups excluding carboxylic acids is 2. The van der Waals surface area contributed by atoms with Crippen molar-refractivity contribution in [2.24, 2.45) is 0 Å². The number of hydrogen-bond donors (Lipinski definition) is 0. The first kappa shape index (κ1) is 21.0. The lowest BCUT2D eigenvalue weighted by Crippen LogP contribution is -2.36. The molecule has 1 saturated heterocycles. The number of rotatable bonds is 6. The lowest BCUT2D eigenvalue weighted by Gasteiger charge is -2.26. The molecule has 8 nitrogen and oxygen atoms in total. The molecular weight excluding hydrogens is 405 g/mol. The lowest BCUT2D eigenvalue weighted by molar-refractivity contribution is 0.0438. The smallest absolute Gasteiger partial charge is 0.373 e. The molecule has 1 fully saturated rings. The number of methoxy groups -OCH3 is 1. The molecule has 0 N–H and O–H groups in total. The van der Waals surface area contributed by atoms with Gasteiger partial charge in [0.2, 0.25) is 15.8 Å². The topological polar surface area (TPSA) is 103 Å². The van der Waals surface area contributed by atoms with E-state index in [9.17, 15) is 22.4 Å². The van der Waals surface area contributed by atoms with Crippen molar-refractivity contribution in [1.29, 1.82) is 0 Å². The van der Waals surface area contributed by atoms with Gasteiger partial charge in [0.25, 0.3) is 0 Å². The van der Waals surface area contributed by atoms with Gasteiger partial charge in [-0.25, -0.2) is 22.4 Å². The van der Waals surface area contributed by atoms with Gasteiger partial charge in [-0.3, -0.25) is 0 Å². The van der Waals surface area contributed by atoms with Crippen LogP contribution >= 0.6 is 0 Å². The first-order valence-corrected chi connectivity index (χ1v) is 10.4. The van der Waals surface area contributed by atoms with Crippen LogP contribution in [0.2, 0.25) is 0 Å². The molecule has 10 heteroatoms. The minimum Gasteiger partial charge on any atom is -0.463 e. The number of halogens is 1. The standard InChI is InChI=1S/C19H20FNO7S/c1-26-19(23)16-8-6-14(28-16)12-27-18(22)13-5-7-15(20)17(11-13)29(24,25)21-9-3-2-4-10-21/h5-8,11H,2-4,9-10,12H2,1H3. The summed E-state index contributed by atoms with van der Waals surface area (Å²) in [5.74, 6) is -2.30. The van der Waals surface area contributed by atoms with Crippen LogP contribution in [0, 0.1) is 5.82 Å². The average Bonchev–Trinajstić information content (AvgIpc) is 3.21. The number of sulfonamides is 1. The fourth-order valence-corrected chi connectivity index (χ4v) is 4.57. The number of carbonyl (C=O) groups is 2. The van der Waals surface area contributed by atoms with Gasteiger partial charge in [0, 0.05) is 13.1 Å². The molecule has 1 aromatic heterocycles. The van der Waals surface area contributed by atoms with Crippen LogP contribution in [0.4, 0.5) is 4.39 Å². The molecule has 0 aliphatic carbocycles.